The second-order valence-corrected chi connectivity index (χ2v) is 7.53. The summed E-state index contributed by atoms with van der Waals surface area (Å²) in [6.07, 6.45) is -3.19. The topological polar surface area (TPSA) is 97.5 Å². The van der Waals surface area contributed by atoms with Gasteiger partial charge in [0.1, 0.15) is 28.4 Å². The molecule has 0 bridgehead atoms. The van der Waals surface area contributed by atoms with Gasteiger partial charge in [0, 0.05) is 16.7 Å². The van der Waals surface area contributed by atoms with Crippen LogP contribution in [0.5, 0.6) is 0 Å². The largest absolute Gasteiger partial charge is 0.416 e. The fraction of sp³-hybridized carbons (Fsp3) is 0.0909. The molecule has 13 heteroatoms. The summed E-state index contributed by atoms with van der Waals surface area (Å²) in [4.78, 5) is 7.05. The van der Waals surface area contributed by atoms with E-state index < -0.39 is 29.2 Å². The lowest BCUT2D eigenvalue weighted by molar-refractivity contribution is -0.745. The minimum Gasteiger partial charge on any atom is -0.377 e. The Hall–Kier alpha value is -4.42. The lowest BCUT2D eigenvalue weighted by Gasteiger charge is -2.07. The smallest absolute Gasteiger partial charge is 0.377 e. The average molecular weight is 491 g/mol. The molecule has 35 heavy (non-hydrogen) atoms. The normalized spacial score (nSPS) is 11.9. The molecule has 0 spiro atoms. The summed E-state index contributed by atoms with van der Waals surface area (Å²) in [5.74, 6) is -2.99. The fourth-order valence-corrected chi connectivity index (χ4v) is 3.51. The molecule has 0 aliphatic carbocycles. The number of hydrogen-bond donors (Lipinski definition) is 2. The molecule has 3 N–H and O–H groups in total. The number of nitrogen functional groups attached to an aromatic ring is 1. The van der Waals surface area contributed by atoms with Gasteiger partial charge in [0.25, 0.3) is 0 Å². The predicted molar refractivity (Wildman–Crippen MR) is 110 cm³/mol. The number of benzene rings is 2. The van der Waals surface area contributed by atoms with E-state index >= 15 is 0 Å². The van der Waals surface area contributed by atoms with Crippen LogP contribution in [0.3, 0.4) is 0 Å². The number of nitrogens with zero attached hydrogens (tertiary/aromatic N) is 4. The van der Waals surface area contributed by atoms with E-state index in [0.29, 0.717) is 11.6 Å². The van der Waals surface area contributed by atoms with Gasteiger partial charge in [-0.25, -0.2) is 18.2 Å². The van der Waals surface area contributed by atoms with Gasteiger partial charge in [0.05, 0.1) is 11.1 Å². The zero-order chi connectivity index (χ0) is 24.9. The molecule has 3 heterocycles. The monoisotopic (exact) mass is 491 g/mol. The standard InChI is InChI=1S/C22H12F6N6O/c23-14-3-1-2-13(18(14)25)21-30-17-9-34(32-20(29)19(17)31-21)8-11-7-16(33-35-11)12-5-4-10(6-15(12)24)22(26,27)28/h1-7,9H,8H2,(H2,29,32)/p+1. The molecule has 0 atom stereocenters. The lowest BCUT2D eigenvalue weighted by atomic mass is 10.1. The lowest BCUT2D eigenvalue weighted by Crippen LogP contribution is -2.38. The highest BCUT2D eigenvalue weighted by atomic mass is 19.4. The summed E-state index contributed by atoms with van der Waals surface area (Å²) >= 11 is 0. The van der Waals surface area contributed by atoms with Crippen LogP contribution in [0.2, 0.25) is 0 Å². The molecule has 0 aliphatic heterocycles. The summed E-state index contributed by atoms with van der Waals surface area (Å²) in [5, 5.41) is 7.85. The first-order valence-electron chi connectivity index (χ1n) is 9.93. The van der Waals surface area contributed by atoms with Crippen LogP contribution in [0, 0.1) is 17.5 Å². The zero-order valence-electron chi connectivity index (χ0n) is 17.4. The average Bonchev–Trinajstić information content (AvgIpc) is 3.42. The number of fused-ring (bicyclic) bond motifs is 1. The van der Waals surface area contributed by atoms with Crippen LogP contribution in [0.25, 0.3) is 33.7 Å². The van der Waals surface area contributed by atoms with Crippen LogP contribution in [0.15, 0.2) is 53.2 Å². The molecule has 5 rings (SSSR count). The predicted octanol–water partition coefficient (Wildman–Crippen LogP) is 4.63. The van der Waals surface area contributed by atoms with Crippen LogP contribution in [-0.2, 0) is 12.7 Å². The second kappa shape index (κ2) is 8.11. The minimum absolute atomic E-state index is 0.00807. The van der Waals surface area contributed by atoms with E-state index in [2.05, 4.69) is 20.2 Å². The number of H-pyrrole nitrogens is 1. The highest BCUT2D eigenvalue weighted by Crippen LogP contribution is 2.32. The number of anilines is 1. The van der Waals surface area contributed by atoms with Crippen LogP contribution in [0.1, 0.15) is 11.3 Å². The third kappa shape index (κ3) is 4.16. The van der Waals surface area contributed by atoms with E-state index in [9.17, 15) is 26.3 Å². The minimum atomic E-state index is -4.68. The molecule has 0 radical (unpaired) electrons. The van der Waals surface area contributed by atoms with E-state index in [1.54, 1.807) is 0 Å². The number of imidazole rings is 1. The van der Waals surface area contributed by atoms with Crippen molar-refractivity contribution in [2.24, 2.45) is 0 Å². The Morgan fingerprint density at radius 2 is 1.80 bits per heavy atom. The van der Waals surface area contributed by atoms with Crippen molar-refractivity contribution < 1.29 is 35.5 Å². The molecule has 5 aromatic rings. The van der Waals surface area contributed by atoms with Gasteiger partial charge in [-0.1, -0.05) is 15.9 Å². The van der Waals surface area contributed by atoms with Crippen molar-refractivity contribution in [2.45, 2.75) is 12.7 Å². The van der Waals surface area contributed by atoms with Crippen molar-refractivity contribution in [3.63, 3.8) is 0 Å². The maximum absolute atomic E-state index is 14.2. The van der Waals surface area contributed by atoms with Gasteiger partial charge in [-0.3, -0.25) is 0 Å². The molecule has 0 saturated carbocycles. The maximum atomic E-state index is 14.2. The molecule has 0 unspecified atom stereocenters. The van der Waals surface area contributed by atoms with Crippen LogP contribution >= 0.6 is 0 Å². The van der Waals surface area contributed by atoms with Crippen LogP contribution < -0.4 is 10.4 Å². The summed E-state index contributed by atoms with van der Waals surface area (Å²) in [6, 6.07) is 7.11. The van der Waals surface area contributed by atoms with Gasteiger partial charge in [-0.15, -0.1) is 0 Å². The Bertz CT molecular complexity index is 1580. The van der Waals surface area contributed by atoms with Gasteiger partial charge < -0.3 is 15.2 Å². The Morgan fingerprint density at radius 1 is 1.00 bits per heavy atom. The number of aromatic nitrogens is 5. The van der Waals surface area contributed by atoms with Gasteiger partial charge in [-0.05, 0) is 30.3 Å². The van der Waals surface area contributed by atoms with Crippen LogP contribution in [-0.4, -0.2) is 20.2 Å². The van der Waals surface area contributed by atoms with Crippen molar-refractivity contribution in [1.82, 2.24) is 20.2 Å². The highest BCUT2D eigenvalue weighted by Gasteiger charge is 2.31. The summed E-state index contributed by atoms with van der Waals surface area (Å²) in [5.41, 5.74) is 5.17. The maximum Gasteiger partial charge on any atom is 0.416 e. The van der Waals surface area contributed by atoms with E-state index in [0.717, 1.165) is 18.2 Å². The molecule has 0 amide bonds. The molecular formula is C22H13F6N6O+. The van der Waals surface area contributed by atoms with Crippen molar-refractivity contribution in [3.8, 4) is 22.6 Å². The van der Waals surface area contributed by atoms with Crippen molar-refractivity contribution in [2.75, 3.05) is 5.73 Å². The Kier molecular flexibility index (Phi) is 5.19. The fourth-order valence-electron chi connectivity index (χ4n) is 3.51. The highest BCUT2D eigenvalue weighted by molar-refractivity contribution is 5.85. The van der Waals surface area contributed by atoms with Gasteiger partial charge in [0.2, 0.25) is 24.3 Å². The van der Waals surface area contributed by atoms with Crippen LogP contribution in [0.4, 0.5) is 32.2 Å². The Balaban J connectivity index is 1.43. The van der Waals surface area contributed by atoms with Gasteiger partial charge in [-0.2, -0.15) is 13.2 Å². The number of nitrogens with one attached hydrogen (secondary N) is 1. The van der Waals surface area contributed by atoms with Gasteiger partial charge >= 0.3 is 6.18 Å². The summed E-state index contributed by atoms with van der Waals surface area (Å²) in [7, 11) is 0. The molecule has 7 nitrogen and oxygen atoms in total. The van der Waals surface area contributed by atoms with E-state index in [4.69, 9.17) is 10.3 Å². The van der Waals surface area contributed by atoms with Crippen molar-refractivity contribution in [3.05, 3.63) is 77.4 Å². The third-order valence-corrected chi connectivity index (χ3v) is 5.14. The number of nitrogens with two attached hydrogens (primary N) is 1. The molecule has 0 aliphatic rings. The zero-order valence-corrected chi connectivity index (χ0v) is 17.4. The molecular weight excluding hydrogens is 478 g/mol. The van der Waals surface area contributed by atoms with E-state index in [-0.39, 0.29) is 46.3 Å². The van der Waals surface area contributed by atoms with Crippen molar-refractivity contribution >= 4 is 16.9 Å². The Labute approximate surface area is 191 Å². The second-order valence-electron chi connectivity index (χ2n) is 7.53. The SMILES string of the molecule is Nc1n[n+](Cc2cc(-c3ccc(C(F)(F)F)cc3F)no2)cc2[nH]c(-c3cccc(F)c3F)nc12. The molecule has 0 fully saturated rings. The van der Waals surface area contributed by atoms with Crippen molar-refractivity contribution in [1.29, 1.82) is 0 Å². The molecule has 178 valence electrons. The molecule has 3 aromatic heterocycles. The molecule has 2 aromatic carbocycles. The first-order valence-corrected chi connectivity index (χ1v) is 9.93. The third-order valence-electron chi connectivity index (χ3n) is 5.14. The molecule has 0 saturated heterocycles. The quantitative estimate of drug-likeness (QED) is 0.282. The first kappa shape index (κ1) is 22.4. The first-order chi connectivity index (χ1) is 16.6. The number of halogens is 6. The number of aromatic amines is 1. The number of hydrogen-bond acceptors (Lipinski definition) is 5. The van der Waals surface area contributed by atoms with E-state index in [1.807, 2.05) is 0 Å². The number of rotatable bonds is 4. The van der Waals surface area contributed by atoms with Gasteiger partial charge in [0.15, 0.2) is 11.6 Å². The Morgan fingerprint density at radius 3 is 2.54 bits per heavy atom. The summed E-state index contributed by atoms with van der Waals surface area (Å²) < 4.78 is 86.8. The summed E-state index contributed by atoms with van der Waals surface area (Å²) in [6.45, 7) is -0.0297. The van der Waals surface area contributed by atoms with E-state index in [1.165, 1.54) is 29.1 Å². The number of alkyl halides is 3.